The molecular weight excluding hydrogens is 625 g/mol. The molecule has 5 heteroatoms. The van der Waals surface area contributed by atoms with Gasteiger partial charge < -0.3 is 8.98 Å². The van der Waals surface area contributed by atoms with E-state index < -0.39 is 0 Å². The lowest BCUT2D eigenvalue weighted by Crippen LogP contribution is -2.04. The lowest BCUT2D eigenvalue weighted by atomic mass is 10.1. The zero-order chi connectivity index (χ0) is 33.5. The average Bonchev–Trinajstić information content (AvgIpc) is 3.86. The molecule has 4 heterocycles. The lowest BCUT2D eigenvalue weighted by molar-refractivity contribution is 0.671. The Labute approximate surface area is 292 Å². The summed E-state index contributed by atoms with van der Waals surface area (Å²) < 4.78 is 11.4. The first-order valence-corrected chi connectivity index (χ1v) is 17.2. The van der Waals surface area contributed by atoms with Crippen LogP contribution in [-0.2, 0) is 0 Å². The van der Waals surface area contributed by atoms with E-state index in [0.29, 0.717) is 5.95 Å². The van der Waals surface area contributed by atoms with Gasteiger partial charge in [-0.3, -0.25) is 4.57 Å². The highest BCUT2D eigenvalue weighted by Crippen LogP contribution is 2.45. The number of aromatic nitrogens is 4. The van der Waals surface area contributed by atoms with Crippen LogP contribution < -0.4 is 0 Å². The fourth-order valence-corrected chi connectivity index (χ4v) is 7.92. The molecule has 0 aliphatic heterocycles. The van der Waals surface area contributed by atoms with Crippen molar-refractivity contribution in [3.05, 3.63) is 170 Å². The van der Waals surface area contributed by atoms with Gasteiger partial charge in [0.2, 0.25) is 5.95 Å². The van der Waals surface area contributed by atoms with E-state index in [0.717, 1.165) is 93.8 Å². The van der Waals surface area contributed by atoms with Gasteiger partial charge in [-0.1, -0.05) is 127 Å². The van der Waals surface area contributed by atoms with Gasteiger partial charge in [0.15, 0.2) is 5.58 Å². The minimum atomic E-state index is 0.590. The Hall–Kier alpha value is -6.98. The van der Waals surface area contributed by atoms with Crippen LogP contribution >= 0.6 is 0 Å². The number of nitrogens with zero attached hydrogens (tertiary/aromatic N) is 4. The van der Waals surface area contributed by atoms with E-state index in [2.05, 4.69) is 155 Å². The Balaban J connectivity index is 1.37. The van der Waals surface area contributed by atoms with Crippen LogP contribution in [0.5, 0.6) is 0 Å². The van der Waals surface area contributed by atoms with Crippen LogP contribution in [0.25, 0.3) is 99.7 Å². The van der Waals surface area contributed by atoms with E-state index in [-0.39, 0.29) is 0 Å². The van der Waals surface area contributed by atoms with Crippen molar-refractivity contribution in [2.75, 3.05) is 0 Å². The second kappa shape index (κ2) is 10.8. The molecular formula is C46H28N4O. The van der Waals surface area contributed by atoms with Crippen LogP contribution in [-0.4, -0.2) is 19.1 Å². The summed E-state index contributed by atoms with van der Waals surface area (Å²) in [4.78, 5) is 10.8. The summed E-state index contributed by atoms with van der Waals surface area (Å²) >= 11 is 0. The van der Waals surface area contributed by atoms with Crippen molar-refractivity contribution in [3.8, 4) is 34.2 Å². The van der Waals surface area contributed by atoms with E-state index in [9.17, 15) is 0 Å². The van der Waals surface area contributed by atoms with Crippen LogP contribution in [0.4, 0.5) is 0 Å². The number of benzene rings is 7. The molecule has 0 atom stereocenters. The van der Waals surface area contributed by atoms with E-state index in [1.165, 1.54) is 0 Å². The van der Waals surface area contributed by atoms with E-state index >= 15 is 0 Å². The summed E-state index contributed by atoms with van der Waals surface area (Å²) in [6, 6.07) is 59.3. The molecule has 4 aromatic heterocycles. The molecule has 0 bridgehead atoms. The van der Waals surface area contributed by atoms with Crippen molar-refractivity contribution in [1.82, 2.24) is 19.1 Å². The van der Waals surface area contributed by atoms with E-state index in [4.69, 9.17) is 14.4 Å². The summed E-state index contributed by atoms with van der Waals surface area (Å²) in [6.45, 7) is 0. The number of fused-ring (bicyclic) bond motifs is 11. The maximum Gasteiger partial charge on any atom is 0.235 e. The maximum absolute atomic E-state index is 6.78. The fourth-order valence-electron chi connectivity index (χ4n) is 7.92. The normalized spacial score (nSPS) is 11.9. The monoisotopic (exact) mass is 652 g/mol. The topological polar surface area (TPSA) is 48.8 Å². The predicted octanol–water partition coefficient (Wildman–Crippen LogP) is 11.9. The summed E-state index contributed by atoms with van der Waals surface area (Å²) in [5.74, 6) is 0.590. The zero-order valence-corrected chi connectivity index (χ0v) is 27.4. The zero-order valence-electron chi connectivity index (χ0n) is 27.4. The van der Waals surface area contributed by atoms with Crippen LogP contribution in [0, 0.1) is 0 Å². The highest BCUT2D eigenvalue weighted by atomic mass is 16.3. The minimum Gasteiger partial charge on any atom is -0.454 e. The van der Waals surface area contributed by atoms with Gasteiger partial charge in [0.25, 0.3) is 0 Å². The molecule has 0 N–H and O–H groups in total. The molecule has 0 saturated carbocycles. The Morgan fingerprint density at radius 3 is 1.71 bits per heavy atom. The quantitative estimate of drug-likeness (QED) is 0.190. The van der Waals surface area contributed by atoms with E-state index in [1.807, 2.05) is 24.3 Å². The van der Waals surface area contributed by atoms with Gasteiger partial charge in [-0.25, -0.2) is 9.97 Å². The standard InChI is InChI=1S/C46H28N4O/c1-4-14-29(15-5-1)37-28-38(30-16-6-2-7-17-30)48-46(47-37)50-43-33(34-24-25-35-32-20-11-13-23-41(32)51-45(35)44(34)50)26-27-40-42(43)36-21-10-12-22-39(36)49(40)31-18-8-3-9-19-31/h1-28H. The highest BCUT2D eigenvalue weighted by molar-refractivity contribution is 6.29. The van der Waals surface area contributed by atoms with E-state index in [1.54, 1.807) is 0 Å². The Morgan fingerprint density at radius 1 is 0.412 bits per heavy atom. The predicted molar refractivity (Wildman–Crippen MR) is 209 cm³/mol. The summed E-state index contributed by atoms with van der Waals surface area (Å²) in [7, 11) is 0. The molecule has 7 aromatic carbocycles. The van der Waals surface area contributed by atoms with Crippen LogP contribution in [0.2, 0.25) is 0 Å². The fraction of sp³-hybridized carbons (Fsp3) is 0. The van der Waals surface area contributed by atoms with Crippen molar-refractivity contribution in [2.24, 2.45) is 0 Å². The molecule has 0 aliphatic carbocycles. The first kappa shape index (κ1) is 27.9. The number of para-hydroxylation sites is 3. The molecule has 11 aromatic rings. The second-order valence-electron chi connectivity index (χ2n) is 13.0. The molecule has 0 unspecified atom stereocenters. The van der Waals surface area contributed by atoms with Gasteiger partial charge in [-0.15, -0.1) is 0 Å². The van der Waals surface area contributed by atoms with Crippen molar-refractivity contribution in [3.63, 3.8) is 0 Å². The largest absolute Gasteiger partial charge is 0.454 e. The third-order valence-corrected chi connectivity index (χ3v) is 10.1. The van der Waals surface area contributed by atoms with Gasteiger partial charge >= 0.3 is 0 Å². The molecule has 11 rings (SSSR count). The molecule has 0 aliphatic rings. The smallest absolute Gasteiger partial charge is 0.235 e. The second-order valence-corrected chi connectivity index (χ2v) is 13.0. The Bertz CT molecular complexity index is 3060. The van der Waals surface area contributed by atoms with Gasteiger partial charge in [0.1, 0.15) is 11.1 Å². The van der Waals surface area contributed by atoms with Crippen LogP contribution in [0.3, 0.4) is 0 Å². The molecule has 238 valence electrons. The van der Waals surface area contributed by atoms with Crippen LogP contribution in [0.1, 0.15) is 0 Å². The molecule has 0 radical (unpaired) electrons. The first-order chi connectivity index (χ1) is 25.3. The number of hydrogen-bond acceptors (Lipinski definition) is 3. The third kappa shape index (κ3) is 4.09. The Kier molecular flexibility index (Phi) is 5.89. The molecule has 0 spiro atoms. The first-order valence-electron chi connectivity index (χ1n) is 17.2. The van der Waals surface area contributed by atoms with Gasteiger partial charge in [0, 0.05) is 49.1 Å². The molecule has 0 fully saturated rings. The van der Waals surface area contributed by atoms with Gasteiger partial charge in [-0.05, 0) is 42.5 Å². The minimum absolute atomic E-state index is 0.590. The number of rotatable bonds is 4. The summed E-state index contributed by atoms with van der Waals surface area (Å²) in [5.41, 5.74) is 10.8. The summed E-state index contributed by atoms with van der Waals surface area (Å²) in [6.07, 6.45) is 0. The van der Waals surface area contributed by atoms with Crippen LogP contribution in [0.15, 0.2) is 174 Å². The number of furan rings is 1. The molecule has 0 amide bonds. The molecule has 0 saturated heterocycles. The maximum atomic E-state index is 6.78. The number of hydrogen-bond donors (Lipinski definition) is 0. The lowest BCUT2D eigenvalue weighted by Gasteiger charge is -2.12. The Morgan fingerprint density at radius 2 is 0.980 bits per heavy atom. The molecule has 51 heavy (non-hydrogen) atoms. The van der Waals surface area contributed by atoms with Crippen molar-refractivity contribution in [2.45, 2.75) is 0 Å². The average molecular weight is 653 g/mol. The third-order valence-electron chi connectivity index (χ3n) is 10.1. The SMILES string of the molecule is c1ccc(-c2cc(-c3ccccc3)nc(-n3c4c(ccc5c6ccccc6oc54)c4ccc5c(c6ccccc6n5-c5ccccc5)c43)n2)cc1. The van der Waals surface area contributed by atoms with Crippen molar-refractivity contribution in [1.29, 1.82) is 0 Å². The van der Waals surface area contributed by atoms with Crippen molar-refractivity contribution < 1.29 is 4.42 Å². The van der Waals surface area contributed by atoms with Crippen molar-refractivity contribution >= 4 is 65.6 Å². The van der Waals surface area contributed by atoms with Gasteiger partial charge in [-0.2, -0.15) is 0 Å². The highest BCUT2D eigenvalue weighted by Gasteiger charge is 2.25. The molecule has 5 nitrogen and oxygen atoms in total. The van der Waals surface area contributed by atoms with Gasteiger partial charge in [0.05, 0.1) is 27.9 Å². The summed E-state index contributed by atoms with van der Waals surface area (Å²) in [5, 5.41) is 6.65.